The minimum atomic E-state index is -4.00. The number of amides is 1. The van der Waals surface area contributed by atoms with Crippen LogP contribution in [0.2, 0.25) is 5.02 Å². The standard InChI is InChI=1S/C18H16ClN3O3S/c1-12-5-3-4-6-17(12)22-13(2)16(11-20-22)18(23)21-26(24,25)15-9-7-14(19)8-10-15/h3-11H,1-2H3,(H,21,23). The predicted molar refractivity (Wildman–Crippen MR) is 99.1 cm³/mol. The molecule has 1 heterocycles. The lowest BCUT2D eigenvalue weighted by Crippen LogP contribution is -2.30. The number of halogens is 1. The summed E-state index contributed by atoms with van der Waals surface area (Å²) in [4.78, 5) is 12.4. The van der Waals surface area contributed by atoms with Crippen molar-refractivity contribution in [2.24, 2.45) is 0 Å². The lowest BCUT2D eigenvalue weighted by Gasteiger charge is -2.09. The van der Waals surface area contributed by atoms with Gasteiger partial charge in [0.2, 0.25) is 0 Å². The Morgan fingerprint density at radius 1 is 1.08 bits per heavy atom. The average Bonchev–Trinajstić information content (AvgIpc) is 2.97. The van der Waals surface area contributed by atoms with Gasteiger partial charge >= 0.3 is 0 Å². The van der Waals surface area contributed by atoms with Crippen molar-refractivity contribution in [2.75, 3.05) is 0 Å². The van der Waals surface area contributed by atoms with E-state index in [0.29, 0.717) is 10.7 Å². The molecule has 0 saturated carbocycles. The van der Waals surface area contributed by atoms with E-state index in [1.165, 1.54) is 30.5 Å². The van der Waals surface area contributed by atoms with Gasteiger partial charge in [0, 0.05) is 5.02 Å². The summed E-state index contributed by atoms with van der Waals surface area (Å²) in [7, 11) is -4.00. The lowest BCUT2D eigenvalue weighted by atomic mass is 10.2. The molecular formula is C18H16ClN3O3S. The Labute approximate surface area is 156 Å². The van der Waals surface area contributed by atoms with Gasteiger partial charge in [0.15, 0.2) is 0 Å². The molecule has 2 aromatic carbocycles. The van der Waals surface area contributed by atoms with Crippen molar-refractivity contribution < 1.29 is 13.2 Å². The molecule has 134 valence electrons. The molecule has 0 aliphatic heterocycles. The van der Waals surface area contributed by atoms with Crippen molar-refractivity contribution in [2.45, 2.75) is 18.7 Å². The van der Waals surface area contributed by atoms with Crippen LogP contribution in [-0.2, 0) is 10.0 Å². The zero-order chi connectivity index (χ0) is 18.9. The van der Waals surface area contributed by atoms with E-state index in [-0.39, 0.29) is 10.5 Å². The summed E-state index contributed by atoms with van der Waals surface area (Å²) < 4.78 is 28.4. The molecule has 3 aromatic rings. The number of benzene rings is 2. The highest BCUT2D eigenvalue weighted by atomic mass is 35.5. The number of carbonyl (C=O) groups excluding carboxylic acids is 1. The number of sulfonamides is 1. The van der Waals surface area contributed by atoms with Gasteiger partial charge in [-0.05, 0) is 49.7 Å². The van der Waals surface area contributed by atoms with Crippen LogP contribution in [0.5, 0.6) is 0 Å². The van der Waals surface area contributed by atoms with Crippen LogP contribution in [0.1, 0.15) is 21.6 Å². The highest BCUT2D eigenvalue weighted by Gasteiger charge is 2.22. The zero-order valence-electron chi connectivity index (χ0n) is 14.1. The van der Waals surface area contributed by atoms with Crippen LogP contribution in [0.15, 0.2) is 59.6 Å². The van der Waals surface area contributed by atoms with E-state index in [4.69, 9.17) is 11.6 Å². The molecule has 1 amide bonds. The van der Waals surface area contributed by atoms with E-state index >= 15 is 0 Å². The van der Waals surface area contributed by atoms with Crippen LogP contribution in [0.25, 0.3) is 5.69 Å². The zero-order valence-corrected chi connectivity index (χ0v) is 15.7. The maximum Gasteiger partial charge on any atom is 0.268 e. The number of nitrogens with zero attached hydrogens (tertiary/aromatic N) is 2. The highest BCUT2D eigenvalue weighted by molar-refractivity contribution is 7.90. The predicted octanol–water partition coefficient (Wildman–Crippen LogP) is 3.26. The number of hydrogen-bond acceptors (Lipinski definition) is 4. The van der Waals surface area contributed by atoms with Crippen molar-refractivity contribution in [1.29, 1.82) is 0 Å². The molecule has 0 fully saturated rings. The fourth-order valence-electron chi connectivity index (χ4n) is 2.53. The van der Waals surface area contributed by atoms with Gasteiger partial charge in [-0.3, -0.25) is 4.79 Å². The number of carbonyl (C=O) groups is 1. The van der Waals surface area contributed by atoms with Gasteiger partial charge in [0.05, 0.1) is 28.0 Å². The van der Waals surface area contributed by atoms with E-state index in [9.17, 15) is 13.2 Å². The Morgan fingerprint density at radius 3 is 2.38 bits per heavy atom. The third-order valence-electron chi connectivity index (χ3n) is 3.95. The fraction of sp³-hybridized carbons (Fsp3) is 0.111. The van der Waals surface area contributed by atoms with E-state index < -0.39 is 15.9 Å². The molecule has 0 radical (unpaired) electrons. The van der Waals surface area contributed by atoms with Crippen LogP contribution in [-0.4, -0.2) is 24.1 Å². The Bertz CT molecular complexity index is 1070. The second kappa shape index (κ2) is 6.93. The molecule has 0 saturated heterocycles. The molecule has 0 bridgehead atoms. The first kappa shape index (κ1) is 18.2. The summed E-state index contributed by atoms with van der Waals surface area (Å²) in [5.74, 6) is -0.739. The summed E-state index contributed by atoms with van der Waals surface area (Å²) in [5, 5.41) is 4.63. The van der Waals surface area contributed by atoms with Crippen molar-refractivity contribution in [3.05, 3.63) is 76.6 Å². The highest BCUT2D eigenvalue weighted by Crippen LogP contribution is 2.19. The summed E-state index contributed by atoms with van der Waals surface area (Å²) in [6.07, 6.45) is 1.36. The largest absolute Gasteiger partial charge is 0.268 e. The van der Waals surface area contributed by atoms with Crippen LogP contribution in [0.3, 0.4) is 0 Å². The summed E-state index contributed by atoms with van der Waals surface area (Å²) >= 11 is 5.76. The molecule has 0 aliphatic rings. The first-order chi connectivity index (χ1) is 12.3. The average molecular weight is 390 g/mol. The number of para-hydroxylation sites is 1. The van der Waals surface area contributed by atoms with Crippen molar-refractivity contribution in [3.8, 4) is 5.69 Å². The van der Waals surface area contributed by atoms with Crippen molar-refractivity contribution >= 4 is 27.5 Å². The van der Waals surface area contributed by atoms with E-state index in [2.05, 4.69) is 9.82 Å². The van der Waals surface area contributed by atoms with E-state index in [0.717, 1.165) is 11.3 Å². The van der Waals surface area contributed by atoms with Crippen LogP contribution < -0.4 is 4.72 Å². The third kappa shape index (κ3) is 3.49. The van der Waals surface area contributed by atoms with Crippen LogP contribution in [0.4, 0.5) is 0 Å². The Balaban J connectivity index is 1.90. The van der Waals surface area contributed by atoms with Gasteiger partial charge in [-0.1, -0.05) is 29.8 Å². The van der Waals surface area contributed by atoms with Crippen LogP contribution >= 0.6 is 11.6 Å². The van der Waals surface area contributed by atoms with Gasteiger partial charge < -0.3 is 0 Å². The molecule has 3 rings (SSSR count). The van der Waals surface area contributed by atoms with Crippen molar-refractivity contribution in [3.63, 3.8) is 0 Å². The number of hydrogen-bond donors (Lipinski definition) is 1. The summed E-state index contributed by atoms with van der Waals surface area (Å²) in [5.41, 5.74) is 2.54. The number of aromatic nitrogens is 2. The maximum atomic E-state index is 12.5. The quantitative estimate of drug-likeness (QED) is 0.742. The monoisotopic (exact) mass is 389 g/mol. The van der Waals surface area contributed by atoms with Gasteiger partial charge in [-0.25, -0.2) is 17.8 Å². The van der Waals surface area contributed by atoms with E-state index in [1.807, 2.05) is 31.2 Å². The summed E-state index contributed by atoms with van der Waals surface area (Å²) in [6, 6.07) is 13.1. The van der Waals surface area contributed by atoms with E-state index in [1.54, 1.807) is 11.6 Å². The van der Waals surface area contributed by atoms with Gasteiger partial charge in [-0.2, -0.15) is 5.10 Å². The second-order valence-electron chi connectivity index (χ2n) is 5.73. The maximum absolute atomic E-state index is 12.5. The Morgan fingerprint density at radius 2 is 1.73 bits per heavy atom. The molecule has 0 unspecified atom stereocenters. The Kier molecular flexibility index (Phi) is 4.84. The normalized spacial score (nSPS) is 11.3. The molecule has 1 aromatic heterocycles. The minimum absolute atomic E-state index is 0.0424. The SMILES string of the molecule is Cc1ccccc1-n1ncc(C(=O)NS(=O)(=O)c2ccc(Cl)cc2)c1C. The number of aryl methyl sites for hydroxylation is 1. The van der Waals surface area contributed by atoms with Crippen LogP contribution in [0, 0.1) is 13.8 Å². The number of nitrogens with one attached hydrogen (secondary N) is 1. The molecular weight excluding hydrogens is 374 g/mol. The Hall–Kier alpha value is -2.64. The molecule has 0 spiro atoms. The first-order valence-corrected chi connectivity index (χ1v) is 9.59. The molecule has 1 N–H and O–H groups in total. The second-order valence-corrected chi connectivity index (χ2v) is 7.85. The lowest BCUT2D eigenvalue weighted by molar-refractivity contribution is 0.0981. The first-order valence-electron chi connectivity index (χ1n) is 7.73. The summed E-state index contributed by atoms with van der Waals surface area (Å²) in [6.45, 7) is 3.64. The van der Waals surface area contributed by atoms with Gasteiger partial charge in [0.25, 0.3) is 15.9 Å². The van der Waals surface area contributed by atoms with Crippen molar-refractivity contribution in [1.82, 2.24) is 14.5 Å². The molecule has 26 heavy (non-hydrogen) atoms. The molecule has 0 atom stereocenters. The smallest absolute Gasteiger partial charge is 0.268 e. The van der Waals surface area contributed by atoms with Gasteiger partial charge in [0.1, 0.15) is 0 Å². The fourth-order valence-corrected chi connectivity index (χ4v) is 3.62. The minimum Gasteiger partial charge on any atom is -0.268 e. The third-order valence-corrected chi connectivity index (χ3v) is 5.55. The van der Waals surface area contributed by atoms with Gasteiger partial charge in [-0.15, -0.1) is 0 Å². The number of rotatable bonds is 4. The topological polar surface area (TPSA) is 81.1 Å². The molecule has 6 nitrogen and oxygen atoms in total. The molecule has 0 aliphatic carbocycles. The molecule has 8 heteroatoms.